The molecule has 0 heterocycles. The van der Waals surface area contributed by atoms with Gasteiger partial charge >= 0.3 is 0 Å². The number of carbonyl (C=O) groups is 1. The standard InChI is InChI=1S/C23H21NO/c1-18-12-14-19(15-13-18)16-17-22(25)24-23(20-8-4-2-5-9-20)21-10-6-3-7-11-21/h2-17,23H,1H3,(H,24,25). The third kappa shape index (κ3) is 4.67. The molecular weight excluding hydrogens is 306 g/mol. The molecule has 0 bridgehead atoms. The average molecular weight is 327 g/mol. The van der Waals surface area contributed by atoms with Crippen molar-refractivity contribution in [3.8, 4) is 0 Å². The minimum absolute atomic E-state index is 0.113. The van der Waals surface area contributed by atoms with E-state index in [1.165, 1.54) is 5.56 Å². The second-order valence-corrected chi connectivity index (χ2v) is 6.01. The summed E-state index contributed by atoms with van der Waals surface area (Å²) >= 11 is 0. The van der Waals surface area contributed by atoms with E-state index < -0.39 is 0 Å². The number of hydrogen-bond donors (Lipinski definition) is 1. The van der Waals surface area contributed by atoms with Crippen LogP contribution in [0, 0.1) is 6.92 Å². The van der Waals surface area contributed by atoms with Gasteiger partial charge in [0.15, 0.2) is 0 Å². The van der Waals surface area contributed by atoms with E-state index in [4.69, 9.17) is 0 Å². The molecule has 0 aliphatic carbocycles. The number of nitrogens with one attached hydrogen (secondary N) is 1. The molecule has 0 aromatic heterocycles. The van der Waals surface area contributed by atoms with Crippen LogP contribution in [-0.2, 0) is 4.79 Å². The Bertz CT molecular complexity index is 797. The van der Waals surface area contributed by atoms with Crippen molar-refractivity contribution in [3.63, 3.8) is 0 Å². The summed E-state index contributed by atoms with van der Waals surface area (Å²) < 4.78 is 0. The van der Waals surface area contributed by atoms with Crippen molar-refractivity contribution in [2.24, 2.45) is 0 Å². The third-order valence-corrected chi connectivity index (χ3v) is 4.06. The Hall–Kier alpha value is -3.13. The summed E-state index contributed by atoms with van der Waals surface area (Å²) in [5, 5.41) is 3.11. The second kappa shape index (κ2) is 8.11. The van der Waals surface area contributed by atoms with Crippen LogP contribution in [0.5, 0.6) is 0 Å². The topological polar surface area (TPSA) is 29.1 Å². The van der Waals surface area contributed by atoms with E-state index in [1.54, 1.807) is 6.08 Å². The maximum atomic E-state index is 12.4. The first-order chi connectivity index (χ1) is 12.2. The zero-order chi connectivity index (χ0) is 17.5. The quantitative estimate of drug-likeness (QED) is 0.663. The van der Waals surface area contributed by atoms with E-state index in [2.05, 4.69) is 5.32 Å². The van der Waals surface area contributed by atoms with Gasteiger partial charge < -0.3 is 5.32 Å². The number of benzene rings is 3. The Morgan fingerprint density at radius 2 is 1.32 bits per heavy atom. The highest BCUT2D eigenvalue weighted by Crippen LogP contribution is 2.21. The molecule has 0 unspecified atom stereocenters. The summed E-state index contributed by atoms with van der Waals surface area (Å²) in [6, 6.07) is 27.9. The first kappa shape index (κ1) is 16.7. The van der Waals surface area contributed by atoms with Crippen LogP contribution in [0.15, 0.2) is 91.0 Å². The molecule has 0 saturated heterocycles. The molecule has 3 aromatic rings. The lowest BCUT2D eigenvalue weighted by molar-refractivity contribution is -0.116. The molecule has 25 heavy (non-hydrogen) atoms. The van der Waals surface area contributed by atoms with Gasteiger partial charge in [0, 0.05) is 6.08 Å². The molecule has 3 rings (SSSR count). The minimum atomic E-state index is -0.169. The summed E-state index contributed by atoms with van der Waals surface area (Å²) in [7, 11) is 0. The first-order valence-electron chi connectivity index (χ1n) is 8.37. The monoisotopic (exact) mass is 327 g/mol. The van der Waals surface area contributed by atoms with Crippen LogP contribution in [0.3, 0.4) is 0 Å². The van der Waals surface area contributed by atoms with Gasteiger partial charge in [0.05, 0.1) is 6.04 Å². The Morgan fingerprint density at radius 3 is 1.84 bits per heavy atom. The second-order valence-electron chi connectivity index (χ2n) is 6.01. The van der Waals surface area contributed by atoms with Gasteiger partial charge in [0.2, 0.25) is 5.91 Å². The molecule has 124 valence electrons. The van der Waals surface area contributed by atoms with Gasteiger partial charge in [-0.15, -0.1) is 0 Å². The van der Waals surface area contributed by atoms with Crippen LogP contribution in [-0.4, -0.2) is 5.91 Å². The van der Waals surface area contributed by atoms with Gasteiger partial charge in [-0.25, -0.2) is 0 Å². The molecule has 3 aromatic carbocycles. The molecule has 0 spiro atoms. The SMILES string of the molecule is Cc1ccc(C=CC(=O)NC(c2ccccc2)c2ccccc2)cc1. The van der Waals surface area contributed by atoms with Crippen molar-refractivity contribution >= 4 is 12.0 Å². The van der Waals surface area contributed by atoms with Crippen molar-refractivity contribution in [2.45, 2.75) is 13.0 Å². The average Bonchev–Trinajstić information content (AvgIpc) is 2.67. The fraction of sp³-hybridized carbons (Fsp3) is 0.0870. The van der Waals surface area contributed by atoms with Crippen molar-refractivity contribution < 1.29 is 4.79 Å². The van der Waals surface area contributed by atoms with Crippen LogP contribution in [0.4, 0.5) is 0 Å². The predicted molar refractivity (Wildman–Crippen MR) is 103 cm³/mol. The van der Waals surface area contributed by atoms with Crippen LogP contribution >= 0.6 is 0 Å². The fourth-order valence-electron chi connectivity index (χ4n) is 2.69. The first-order valence-corrected chi connectivity index (χ1v) is 8.37. The molecular formula is C23H21NO. The maximum absolute atomic E-state index is 12.4. The number of carbonyl (C=O) groups excluding carboxylic acids is 1. The van der Waals surface area contributed by atoms with E-state index in [-0.39, 0.29) is 11.9 Å². The molecule has 1 amide bonds. The third-order valence-electron chi connectivity index (χ3n) is 4.06. The van der Waals surface area contributed by atoms with Gasteiger partial charge in [-0.3, -0.25) is 4.79 Å². The number of amides is 1. The lowest BCUT2D eigenvalue weighted by Gasteiger charge is -2.19. The zero-order valence-corrected chi connectivity index (χ0v) is 14.2. The largest absolute Gasteiger partial charge is 0.342 e. The Kier molecular flexibility index (Phi) is 5.43. The van der Waals surface area contributed by atoms with Gasteiger partial charge in [-0.1, -0.05) is 90.5 Å². The Balaban J connectivity index is 1.78. The van der Waals surface area contributed by atoms with Crippen LogP contribution in [0.25, 0.3) is 6.08 Å². The van der Waals surface area contributed by atoms with Gasteiger partial charge in [0.25, 0.3) is 0 Å². The Labute approximate surface area is 148 Å². The number of rotatable bonds is 5. The van der Waals surface area contributed by atoms with E-state index in [1.807, 2.05) is 97.9 Å². The molecule has 2 heteroatoms. The highest BCUT2D eigenvalue weighted by Gasteiger charge is 2.15. The van der Waals surface area contributed by atoms with Crippen molar-refractivity contribution in [2.75, 3.05) is 0 Å². The van der Waals surface area contributed by atoms with Gasteiger partial charge in [-0.05, 0) is 29.7 Å². The predicted octanol–water partition coefficient (Wildman–Crippen LogP) is 4.91. The summed E-state index contributed by atoms with van der Waals surface area (Å²) in [6.45, 7) is 2.05. The molecule has 0 radical (unpaired) electrons. The smallest absolute Gasteiger partial charge is 0.244 e. The van der Waals surface area contributed by atoms with Crippen LogP contribution in [0.1, 0.15) is 28.3 Å². The normalized spacial score (nSPS) is 11.0. The van der Waals surface area contributed by atoms with Crippen LogP contribution < -0.4 is 5.32 Å². The maximum Gasteiger partial charge on any atom is 0.244 e. The number of aryl methyl sites for hydroxylation is 1. The highest BCUT2D eigenvalue weighted by atomic mass is 16.1. The summed E-state index contributed by atoms with van der Waals surface area (Å²) in [6.07, 6.45) is 3.42. The van der Waals surface area contributed by atoms with Crippen molar-refractivity contribution in [1.82, 2.24) is 5.32 Å². The van der Waals surface area contributed by atoms with Crippen molar-refractivity contribution in [1.29, 1.82) is 0 Å². The Morgan fingerprint density at radius 1 is 0.800 bits per heavy atom. The summed E-state index contributed by atoms with van der Waals surface area (Å²) in [5.74, 6) is -0.113. The van der Waals surface area contributed by atoms with E-state index in [0.29, 0.717) is 0 Å². The molecule has 0 fully saturated rings. The number of hydrogen-bond acceptors (Lipinski definition) is 1. The van der Waals surface area contributed by atoms with E-state index in [0.717, 1.165) is 16.7 Å². The fourth-order valence-corrected chi connectivity index (χ4v) is 2.69. The molecule has 0 aliphatic heterocycles. The molecule has 0 aliphatic rings. The zero-order valence-electron chi connectivity index (χ0n) is 14.2. The highest BCUT2D eigenvalue weighted by molar-refractivity contribution is 5.92. The van der Waals surface area contributed by atoms with E-state index >= 15 is 0 Å². The molecule has 1 N–H and O–H groups in total. The van der Waals surface area contributed by atoms with Crippen LogP contribution in [0.2, 0.25) is 0 Å². The summed E-state index contributed by atoms with van der Waals surface area (Å²) in [4.78, 5) is 12.4. The molecule has 0 saturated carbocycles. The summed E-state index contributed by atoms with van der Waals surface area (Å²) in [5.41, 5.74) is 4.34. The van der Waals surface area contributed by atoms with Gasteiger partial charge in [0.1, 0.15) is 0 Å². The van der Waals surface area contributed by atoms with Crippen molar-refractivity contribution in [3.05, 3.63) is 113 Å². The lowest BCUT2D eigenvalue weighted by atomic mass is 9.98. The lowest BCUT2D eigenvalue weighted by Crippen LogP contribution is -2.27. The minimum Gasteiger partial charge on any atom is -0.342 e. The van der Waals surface area contributed by atoms with Gasteiger partial charge in [-0.2, -0.15) is 0 Å². The molecule has 2 nitrogen and oxygen atoms in total. The van der Waals surface area contributed by atoms with E-state index in [9.17, 15) is 4.79 Å². The molecule has 0 atom stereocenters.